The fraction of sp³-hybridized carbons (Fsp3) is 0.250. The van der Waals surface area contributed by atoms with Gasteiger partial charge in [0.2, 0.25) is 5.88 Å². The van der Waals surface area contributed by atoms with Gasteiger partial charge in [0.1, 0.15) is 11.4 Å². The van der Waals surface area contributed by atoms with E-state index in [0.29, 0.717) is 0 Å². The fourth-order valence-electron chi connectivity index (χ4n) is 0.907. The van der Waals surface area contributed by atoms with Crippen molar-refractivity contribution in [3.8, 4) is 5.88 Å². The monoisotopic (exact) mass is 236 g/mol. The Hall–Kier alpha value is -1.99. The molecule has 0 aromatic carbocycles. The minimum Gasteiger partial charge on any atom is -0.465 e. The molecular formula is C8H7F3N2O3. The second kappa shape index (κ2) is 4.25. The van der Waals surface area contributed by atoms with E-state index in [1.807, 2.05) is 0 Å². The van der Waals surface area contributed by atoms with Crippen LogP contribution in [0.25, 0.3) is 0 Å². The summed E-state index contributed by atoms with van der Waals surface area (Å²) in [4.78, 5) is 14.3. The Labute approximate surface area is 88.0 Å². The smallest absolute Gasteiger partial charge is 0.465 e. The van der Waals surface area contributed by atoms with Crippen molar-refractivity contribution in [3.05, 3.63) is 17.7 Å². The van der Waals surface area contributed by atoms with Gasteiger partial charge < -0.3 is 15.2 Å². The van der Waals surface area contributed by atoms with Gasteiger partial charge in [-0.3, -0.25) is 0 Å². The molecule has 1 rings (SSSR count). The average molecular weight is 236 g/mol. The predicted octanol–water partition coefficient (Wildman–Crippen LogP) is 1.35. The standard InChI is InChI=1S/C8H7F3N2O3/c1-15-7(14)4-2-3-5(12)13-6(4)16-8(9,10)11/h2-3H,1H3,(H2,12,13). The van der Waals surface area contributed by atoms with Crippen LogP contribution in [0.4, 0.5) is 19.0 Å². The third-order valence-electron chi connectivity index (χ3n) is 1.50. The SMILES string of the molecule is COC(=O)c1ccc(N)nc1OC(F)(F)F. The lowest BCUT2D eigenvalue weighted by atomic mass is 10.2. The quantitative estimate of drug-likeness (QED) is 0.784. The number of hydrogen-bond acceptors (Lipinski definition) is 5. The zero-order valence-electron chi connectivity index (χ0n) is 8.04. The molecule has 0 aliphatic carbocycles. The van der Waals surface area contributed by atoms with Gasteiger partial charge in [-0.2, -0.15) is 4.98 Å². The summed E-state index contributed by atoms with van der Waals surface area (Å²) in [5, 5.41) is 0. The molecule has 0 amide bonds. The average Bonchev–Trinajstić information content (AvgIpc) is 2.14. The summed E-state index contributed by atoms with van der Waals surface area (Å²) in [5.74, 6) is -2.13. The van der Waals surface area contributed by atoms with E-state index in [2.05, 4.69) is 14.5 Å². The molecule has 1 aromatic rings. The Morgan fingerprint density at radius 2 is 2.06 bits per heavy atom. The number of nitrogens with zero attached hydrogens (tertiary/aromatic N) is 1. The van der Waals surface area contributed by atoms with Gasteiger partial charge in [0.15, 0.2) is 0 Å². The number of aromatic nitrogens is 1. The molecule has 5 nitrogen and oxygen atoms in total. The summed E-state index contributed by atoms with van der Waals surface area (Å²) in [6.07, 6.45) is -4.95. The van der Waals surface area contributed by atoms with Crippen molar-refractivity contribution in [1.29, 1.82) is 0 Å². The van der Waals surface area contributed by atoms with Gasteiger partial charge in [0, 0.05) is 0 Å². The van der Waals surface area contributed by atoms with Gasteiger partial charge in [0.25, 0.3) is 0 Å². The van der Waals surface area contributed by atoms with Crippen LogP contribution in [0.15, 0.2) is 12.1 Å². The van der Waals surface area contributed by atoms with Crippen LogP contribution in [0.5, 0.6) is 5.88 Å². The molecule has 0 spiro atoms. The van der Waals surface area contributed by atoms with E-state index >= 15 is 0 Å². The van der Waals surface area contributed by atoms with Gasteiger partial charge in [-0.15, -0.1) is 13.2 Å². The molecule has 2 N–H and O–H groups in total. The summed E-state index contributed by atoms with van der Waals surface area (Å²) >= 11 is 0. The lowest BCUT2D eigenvalue weighted by Gasteiger charge is -2.11. The number of anilines is 1. The number of rotatable bonds is 2. The van der Waals surface area contributed by atoms with Gasteiger partial charge in [0.05, 0.1) is 7.11 Å². The lowest BCUT2D eigenvalue weighted by molar-refractivity contribution is -0.276. The topological polar surface area (TPSA) is 74.4 Å². The van der Waals surface area contributed by atoms with Crippen LogP contribution in [0.1, 0.15) is 10.4 Å². The number of halogens is 3. The number of carbonyl (C=O) groups excluding carboxylic acids is 1. The molecule has 0 aliphatic heterocycles. The summed E-state index contributed by atoms with van der Waals surface area (Å²) in [6, 6.07) is 2.20. The van der Waals surface area contributed by atoms with Crippen molar-refractivity contribution in [2.75, 3.05) is 12.8 Å². The molecule has 8 heteroatoms. The Balaban J connectivity index is 3.13. The first kappa shape index (κ1) is 12.1. The second-order valence-corrected chi connectivity index (χ2v) is 2.63. The van der Waals surface area contributed by atoms with Crippen LogP contribution in [0.3, 0.4) is 0 Å². The zero-order chi connectivity index (χ0) is 12.3. The Bertz CT molecular complexity index is 406. The third kappa shape index (κ3) is 3.01. The maximum atomic E-state index is 12.0. The molecule has 0 radical (unpaired) electrons. The van der Waals surface area contributed by atoms with Crippen molar-refractivity contribution >= 4 is 11.8 Å². The van der Waals surface area contributed by atoms with Crippen LogP contribution >= 0.6 is 0 Å². The first-order chi connectivity index (χ1) is 7.33. The fourth-order valence-corrected chi connectivity index (χ4v) is 0.907. The van der Waals surface area contributed by atoms with E-state index in [1.54, 1.807) is 0 Å². The van der Waals surface area contributed by atoms with Crippen LogP contribution < -0.4 is 10.5 Å². The molecule has 0 fully saturated rings. The second-order valence-electron chi connectivity index (χ2n) is 2.63. The molecule has 0 saturated heterocycles. The van der Waals surface area contributed by atoms with Gasteiger partial charge in [-0.05, 0) is 12.1 Å². The van der Waals surface area contributed by atoms with Gasteiger partial charge in [-0.1, -0.05) is 0 Å². The highest BCUT2D eigenvalue weighted by Gasteiger charge is 2.34. The predicted molar refractivity (Wildman–Crippen MR) is 46.7 cm³/mol. The molecule has 0 unspecified atom stereocenters. The number of ether oxygens (including phenoxy) is 2. The number of esters is 1. The molecule has 0 atom stereocenters. The van der Waals surface area contributed by atoms with Crippen molar-refractivity contribution in [2.45, 2.75) is 6.36 Å². The Kier molecular flexibility index (Phi) is 3.21. The van der Waals surface area contributed by atoms with E-state index in [0.717, 1.165) is 19.2 Å². The van der Waals surface area contributed by atoms with E-state index < -0.39 is 23.8 Å². The number of nitrogen functional groups attached to an aromatic ring is 1. The molecule has 88 valence electrons. The lowest BCUT2D eigenvalue weighted by Crippen LogP contribution is -2.20. The van der Waals surface area contributed by atoms with Gasteiger partial charge in [-0.25, -0.2) is 4.79 Å². The van der Waals surface area contributed by atoms with E-state index in [1.165, 1.54) is 0 Å². The van der Waals surface area contributed by atoms with Crippen LogP contribution in [-0.4, -0.2) is 24.4 Å². The van der Waals surface area contributed by atoms with Crippen LogP contribution in [0, 0.1) is 0 Å². The highest BCUT2D eigenvalue weighted by Crippen LogP contribution is 2.25. The maximum absolute atomic E-state index is 12.0. The molecule has 0 saturated carbocycles. The summed E-state index contributed by atoms with van der Waals surface area (Å²) in [6.45, 7) is 0. The largest absolute Gasteiger partial charge is 0.574 e. The van der Waals surface area contributed by atoms with E-state index in [4.69, 9.17) is 5.73 Å². The highest BCUT2D eigenvalue weighted by molar-refractivity contribution is 5.92. The summed E-state index contributed by atoms with van der Waals surface area (Å²) < 4.78 is 43.7. The summed E-state index contributed by atoms with van der Waals surface area (Å²) in [7, 11) is 1.02. The minimum absolute atomic E-state index is 0.202. The summed E-state index contributed by atoms with van der Waals surface area (Å²) in [5.41, 5.74) is 4.73. The Morgan fingerprint density at radius 3 is 2.56 bits per heavy atom. The van der Waals surface area contributed by atoms with Crippen molar-refractivity contribution in [3.63, 3.8) is 0 Å². The number of carbonyl (C=O) groups is 1. The van der Waals surface area contributed by atoms with Crippen LogP contribution in [0.2, 0.25) is 0 Å². The van der Waals surface area contributed by atoms with E-state index in [9.17, 15) is 18.0 Å². The first-order valence-electron chi connectivity index (χ1n) is 3.94. The first-order valence-corrected chi connectivity index (χ1v) is 3.94. The zero-order valence-corrected chi connectivity index (χ0v) is 8.04. The molecule has 16 heavy (non-hydrogen) atoms. The molecule has 1 heterocycles. The van der Waals surface area contributed by atoms with Crippen molar-refractivity contribution in [2.24, 2.45) is 0 Å². The maximum Gasteiger partial charge on any atom is 0.574 e. The van der Waals surface area contributed by atoms with Crippen molar-refractivity contribution < 1.29 is 27.4 Å². The number of alkyl halides is 3. The third-order valence-corrected chi connectivity index (χ3v) is 1.50. The number of methoxy groups -OCH3 is 1. The molecule has 1 aromatic heterocycles. The normalized spacial score (nSPS) is 11.0. The van der Waals surface area contributed by atoms with Crippen LogP contribution in [-0.2, 0) is 4.74 Å². The molecule has 0 bridgehead atoms. The minimum atomic E-state index is -4.95. The number of nitrogens with two attached hydrogens (primary N) is 1. The van der Waals surface area contributed by atoms with Crippen molar-refractivity contribution in [1.82, 2.24) is 4.98 Å². The van der Waals surface area contributed by atoms with E-state index in [-0.39, 0.29) is 5.82 Å². The molecular weight excluding hydrogens is 229 g/mol. The highest BCUT2D eigenvalue weighted by atomic mass is 19.4. The van der Waals surface area contributed by atoms with Gasteiger partial charge >= 0.3 is 12.3 Å². The number of pyridine rings is 1. The number of hydrogen-bond donors (Lipinski definition) is 1. The molecule has 0 aliphatic rings. The Morgan fingerprint density at radius 1 is 1.44 bits per heavy atom.